The molecule has 2 atom stereocenters. The number of aliphatic carboxylic acids is 1. The van der Waals surface area contributed by atoms with Crippen molar-refractivity contribution in [3.05, 3.63) is 71.8 Å². The van der Waals surface area contributed by atoms with Crippen LogP contribution in [0.4, 0.5) is 9.52 Å². The van der Waals surface area contributed by atoms with Gasteiger partial charge in [-0.15, -0.1) is 11.8 Å². The van der Waals surface area contributed by atoms with Gasteiger partial charge >= 0.3 is 11.6 Å². The predicted octanol–water partition coefficient (Wildman–Crippen LogP) is 0.287. The van der Waals surface area contributed by atoms with E-state index >= 15 is 0 Å². The molecular formula is C25H22FN10O5S2+. The van der Waals surface area contributed by atoms with Crippen LogP contribution in [0, 0.1) is 0 Å². The van der Waals surface area contributed by atoms with E-state index in [1.165, 1.54) is 11.8 Å². The number of carbonyl (C=O) groups excluding carboxylic acids is 2. The smallest absolute Gasteiger partial charge is 0.352 e. The van der Waals surface area contributed by atoms with Crippen LogP contribution in [0.25, 0.3) is 11.2 Å². The SMILES string of the molecule is Nc1nc(/C(=N\OCF)C(=O)NC2C(=O)N3C(C(=O)O)=C(C[n+]4cccc5c4ncn5Cc4ccccn4)CSC23)ns1. The highest BCUT2D eigenvalue weighted by Crippen LogP contribution is 2.40. The lowest BCUT2D eigenvalue weighted by atomic mass is 10.0. The number of amides is 2. The molecule has 0 spiro atoms. The van der Waals surface area contributed by atoms with Crippen molar-refractivity contribution in [1.29, 1.82) is 0 Å². The van der Waals surface area contributed by atoms with Gasteiger partial charge in [-0.1, -0.05) is 11.2 Å². The molecule has 43 heavy (non-hydrogen) atoms. The monoisotopic (exact) mass is 625 g/mol. The van der Waals surface area contributed by atoms with Crippen molar-refractivity contribution in [1.82, 2.24) is 34.1 Å². The molecule has 2 aliphatic heterocycles. The van der Waals surface area contributed by atoms with Crippen LogP contribution in [-0.2, 0) is 32.3 Å². The normalized spacial score (nSPS) is 18.4. The maximum atomic E-state index is 13.2. The molecule has 1 saturated heterocycles. The van der Waals surface area contributed by atoms with Crippen molar-refractivity contribution in [2.45, 2.75) is 24.5 Å². The molecule has 4 N–H and O–H groups in total. The van der Waals surface area contributed by atoms with Gasteiger partial charge in [0.05, 0.1) is 18.4 Å². The molecule has 220 valence electrons. The molecule has 0 aliphatic carbocycles. The number of fused-ring (bicyclic) bond motifs is 2. The molecule has 1 fully saturated rings. The molecule has 4 aromatic rings. The van der Waals surface area contributed by atoms with Crippen molar-refractivity contribution in [2.24, 2.45) is 5.16 Å². The number of hydrogen-bond acceptors (Lipinski definition) is 12. The maximum absolute atomic E-state index is 13.2. The van der Waals surface area contributed by atoms with E-state index in [9.17, 15) is 23.9 Å². The number of carbonyl (C=O) groups is 3. The van der Waals surface area contributed by atoms with Crippen molar-refractivity contribution >= 4 is 63.1 Å². The number of alkyl halides is 1. The summed E-state index contributed by atoms with van der Waals surface area (Å²) in [7, 11) is 0. The molecule has 18 heteroatoms. The molecule has 6 heterocycles. The lowest BCUT2D eigenvalue weighted by Gasteiger charge is -2.49. The van der Waals surface area contributed by atoms with E-state index in [0.717, 1.165) is 27.6 Å². The summed E-state index contributed by atoms with van der Waals surface area (Å²) in [5.41, 5.74) is 7.79. The fraction of sp³-hybridized carbons (Fsp3) is 0.240. The minimum atomic E-state index is -1.31. The zero-order chi connectivity index (χ0) is 30.1. The van der Waals surface area contributed by atoms with E-state index in [1.807, 2.05) is 39.5 Å². The highest BCUT2D eigenvalue weighted by Gasteiger charge is 2.54. The van der Waals surface area contributed by atoms with Crippen molar-refractivity contribution < 1.29 is 33.3 Å². The van der Waals surface area contributed by atoms with Gasteiger partial charge in [-0.05, 0) is 29.2 Å². The molecule has 0 radical (unpaired) electrons. The fourth-order valence-corrected chi connectivity index (χ4v) is 6.60. The Morgan fingerprint density at radius 2 is 2.14 bits per heavy atom. The number of pyridine rings is 2. The van der Waals surface area contributed by atoms with E-state index in [-0.39, 0.29) is 29.0 Å². The third-order valence-corrected chi connectivity index (χ3v) is 8.56. The largest absolute Gasteiger partial charge is 0.477 e. The molecule has 0 aromatic carbocycles. The summed E-state index contributed by atoms with van der Waals surface area (Å²) in [6.45, 7) is -0.624. The van der Waals surface area contributed by atoms with Gasteiger partial charge in [0.1, 0.15) is 29.2 Å². The summed E-state index contributed by atoms with van der Waals surface area (Å²) >= 11 is 2.09. The second kappa shape index (κ2) is 11.7. The van der Waals surface area contributed by atoms with Crippen LogP contribution in [-0.4, -0.2) is 81.4 Å². The van der Waals surface area contributed by atoms with Gasteiger partial charge < -0.3 is 21.0 Å². The first kappa shape index (κ1) is 28.2. The summed E-state index contributed by atoms with van der Waals surface area (Å²) in [4.78, 5) is 56.9. The molecule has 15 nitrogen and oxygen atoms in total. The van der Waals surface area contributed by atoms with Crippen LogP contribution in [0.5, 0.6) is 0 Å². The first-order valence-corrected chi connectivity index (χ1v) is 14.5. The molecule has 0 bridgehead atoms. The van der Waals surface area contributed by atoms with Crippen molar-refractivity contribution in [3.8, 4) is 0 Å². The average Bonchev–Trinajstić information content (AvgIpc) is 3.62. The number of carboxylic acids is 1. The number of nitrogens with one attached hydrogen (secondary N) is 1. The minimum absolute atomic E-state index is 0.0433. The summed E-state index contributed by atoms with van der Waals surface area (Å²) in [5.74, 6) is -2.72. The Hall–Kier alpha value is -4.97. The average molecular weight is 626 g/mol. The van der Waals surface area contributed by atoms with Crippen molar-refractivity contribution in [2.75, 3.05) is 18.3 Å². The van der Waals surface area contributed by atoms with Gasteiger partial charge in [-0.2, -0.15) is 9.36 Å². The Kier molecular flexibility index (Phi) is 7.68. The molecule has 2 amide bonds. The number of anilines is 1. The Morgan fingerprint density at radius 3 is 2.86 bits per heavy atom. The van der Waals surface area contributed by atoms with E-state index in [0.29, 0.717) is 17.8 Å². The minimum Gasteiger partial charge on any atom is -0.477 e. The first-order chi connectivity index (χ1) is 20.9. The van der Waals surface area contributed by atoms with Gasteiger partial charge in [0.2, 0.25) is 17.9 Å². The zero-order valence-corrected chi connectivity index (χ0v) is 23.7. The first-order valence-electron chi connectivity index (χ1n) is 12.6. The third-order valence-electron chi connectivity index (χ3n) is 6.68. The Labute approximate surface area is 250 Å². The predicted molar refractivity (Wildman–Crippen MR) is 151 cm³/mol. The number of β-lactam (4-membered cyclic amide) rings is 1. The van der Waals surface area contributed by atoms with E-state index < -0.39 is 41.8 Å². The molecule has 6 rings (SSSR count). The Morgan fingerprint density at radius 1 is 1.28 bits per heavy atom. The number of carboxylic acid groups (broad SMARTS) is 1. The van der Waals surface area contributed by atoms with E-state index in [4.69, 9.17) is 5.73 Å². The highest BCUT2D eigenvalue weighted by molar-refractivity contribution is 8.00. The van der Waals surface area contributed by atoms with Gasteiger partial charge in [0, 0.05) is 29.1 Å². The maximum Gasteiger partial charge on any atom is 0.352 e. The second-order valence-corrected chi connectivity index (χ2v) is 11.2. The number of imidazole rings is 1. The van der Waals surface area contributed by atoms with Gasteiger partial charge in [0.25, 0.3) is 18.7 Å². The number of oxime groups is 1. The van der Waals surface area contributed by atoms with Crippen LogP contribution >= 0.6 is 23.3 Å². The Balaban J connectivity index is 1.22. The van der Waals surface area contributed by atoms with Gasteiger partial charge in [-0.25, -0.2) is 13.8 Å². The molecule has 2 aliphatic rings. The zero-order valence-electron chi connectivity index (χ0n) is 22.0. The Bertz CT molecular complexity index is 1790. The van der Waals surface area contributed by atoms with Crippen molar-refractivity contribution in [3.63, 3.8) is 0 Å². The van der Waals surface area contributed by atoms with Crippen LogP contribution < -0.4 is 15.6 Å². The van der Waals surface area contributed by atoms with Crippen LogP contribution in [0.15, 0.2) is 65.5 Å². The van der Waals surface area contributed by atoms with Crippen LogP contribution in [0.1, 0.15) is 11.5 Å². The number of nitrogens with zero attached hydrogens (tertiary/aromatic N) is 8. The number of thioether (sulfide) groups is 1. The summed E-state index contributed by atoms with van der Waals surface area (Å²) < 4.78 is 20.3. The molecular weight excluding hydrogens is 603 g/mol. The number of rotatable bonds is 10. The lowest BCUT2D eigenvalue weighted by molar-refractivity contribution is -0.664. The van der Waals surface area contributed by atoms with Gasteiger partial charge in [0.15, 0.2) is 5.13 Å². The summed E-state index contributed by atoms with van der Waals surface area (Å²) in [6, 6.07) is 8.35. The van der Waals surface area contributed by atoms with Gasteiger partial charge in [-0.3, -0.25) is 24.0 Å². The van der Waals surface area contributed by atoms with Crippen LogP contribution in [0.3, 0.4) is 0 Å². The summed E-state index contributed by atoms with van der Waals surface area (Å²) in [5, 5.41) is 15.4. The quantitative estimate of drug-likeness (QED) is 0.0949. The highest BCUT2D eigenvalue weighted by atomic mass is 32.2. The standard InChI is InChI=1S/C25H21FN10O5S2/c26-11-41-32-16(19-31-25(27)43-33-19)21(37)30-17-22(38)36-18(24(39)40)13(10-42-23(17)36)8-34-7-3-5-15-20(34)29-12-35(15)9-14-4-1-2-6-28-14/h1-7,12,17,23H,8-11H2,(H3-,27,30,31,33,37,39,40)/p+1/b32-16+. The number of nitrogens with two attached hydrogens (primary N) is 1. The number of nitrogen functional groups attached to an aromatic ring is 1. The number of halogens is 1. The van der Waals surface area contributed by atoms with E-state index in [2.05, 4.69) is 34.6 Å². The topological polar surface area (TPSA) is 195 Å². The second-order valence-electron chi connectivity index (χ2n) is 9.29. The molecule has 4 aromatic heterocycles. The summed E-state index contributed by atoms with van der Waals surface area (Å²) in [6.07, 6.45) is 5.22. The number of aromatic nitrogens is 6. The fourth-order valence-electron chi connectivity index (χ4n) is 4.83. The lowest BCUT2D eigenvalue weighted by Crippen LogP contribution is -2.71. The van der Waals surface area contributed by atoms with E-state index in [1.54, 1.807) is 18.7 Å². The third kappa shape index (κ3) is 5.37. The van der Waals surface area contributed by atoms with Crippen LogP contribution in [0.2, 0.25) is 0 Å². The number of hydrogen-bond donors (Lipinski definition) is 3. The molecule has 0 saturated carbocycles. The molecule has 2 unspecified atom stereocenters.